The lowest BCUT2D eigenvalue weighted by atomic mass is 10.2. The summed E-state index contributed by atoms with van der Waals surface area (Å²) in [7, 11) is 3.09. The topological polar surface area (TPSA) is 81.2 Å². The lowest BCUT2D eigenvalue weighted by molar-refractivity contribution is -0.116. The van der Waals surface area contributed by atoms with Crippen molar-refractivity contribution in [2.75, 3.05) is 19.5 Å². The third-order valence-electron chi connectivity index (χ3n) is 3.80. The summed E-state index contributed by atoms with van der Waals surface area (Å²) in [6.07, 6.45) is 0. The molecule has 0 aliphatic rings. The summed E-state index contributed by atoms with van der Waals surface area (Å²) in [5.41, 5.74) is 1.35. The Labute approximate surface area is 165 Å². The minimum absolute atomic E-state index is 0.00712. The average Bonchev–Trinajstić information content (AvgIpc) is 3.02. The molecule has 0 aliphatic heterocycles. The number of H-pyrrole nitrogens is 1. The Morgan fingerprint density at radius 2 is 1.81 bits per heavy atom. The summed E-state index contributed by atoms with van der Waals surface area (Å²) in [5.74, 6) is 1.44. The van der Waals surface area contributed by atoms with Crippen LogP contribution in [-0.4, -0.2) is 34.9 Å². The van der Waals surface area contributed by atoms with E-state index in [4.69, 9.17) is 33.3 Å². The number of nitrogens with zero attached hydrogens (tertiary/aromatic N) is 2. The van der Waals surface area contributed by atoms with Gasteiger partial charge in [0.15, 0.2) is 10.6 Å². The van der Waals surface area contributed by atoms with E-state index in [2.05, 4.69) is 15.5 Å². The van der Waals surface area contributed by atoms with Crippen molar-refractivity contribution in [1.82, 2.24) is 14.8 Å². The number of ether oxygens (including phenoxy) is 2. The monoisotopic (exact) mass is 404 g/mol. The summed E-state index contributed by atoms with van der Waals surface area (Å²) < 4.78 is 12.4. The molecule has 0 saturated heterocycles. The zero-order valence-electron chi connectivity index (χ0n) is 14.7. The van der Waals surface area contributed by atoms with Gasteiger partial charge in [0, 0.05) is 34.5 Å². The molecule has 0 aliphatic carbocycles. The van der Waals surface area contributed by atoms with Crippen molar-refractivity contribution in [2.45, 2.75) is 6.54 Å². The first-order valence-electron chi connectivity index (χ1n) is 7.94. The first-order chi connectivity index (χ1) is 13.0. The van der Waals surface area contributed by atoms with Crippen LogP contribution in [0.3, 0.4) is 0 Å². The van der Waals surface area contributed by atoms with Crippen LogP contribution < -0.4 is 14.8 Å². The molecule has 0 atom stereocenters. The molecule has 0 unspecified atom stereocenters. The van der Waals surface area contributed by atoms with E-state index in [0.717, 1.165) is 5.56 Å². The molecule has 1 heterocycles. The van der Waals surface area contributed by atoms with Crippen molar-refractivity contribution >= 4 is 35.4 Å². The molecule has 1 amide bonds. The van der Waals surface area contributed by atoms with Crippen LogP contribution >= 0.6 is 23.8 Å². The summed E-state index contributed by atoms with van der Waals surface area (Å²) in [4.78, 5) is 12.5. The van der Waals surface area contributed by atoms with Crippen LogP contribution in [0.25, 0.3) is 11.4 Å². The van der Waals surface area contributed by atoms with Gasteiger partial charge in [-0.2, -0.15) is 5.10 Å². The molecule has 7 nitrogen and oxygen atoms in total. The fourth-order valence-corrected chi connectivity index (χ4v) is 2.83. The van der Waals surface area contributed by atoms with Crippen molar-refractivity contribution in [3.05, 3.63) is 52.3 Å². The Kier molecular flexibility index (Phi) is 5.78. The number of halogens is 1. The number of aromatic nitrogens is 3. The smallest absolute Gasteiger partial charge is 0.244 e. The van der Waals surface area contributed by atoms with E-state index in [1.165, 1.54) is 0 Å². The molecule has 140 valence electrons. The van der Waals surface area contributed by atoms with Crippen LogP contribution in [0.15, 0.2) is 42.5 Å². The molecule has 0 radical (unpaired) electrons. The zero-order chi connectivity index (χ0) is 19.4. The number of hydrogen-bond donors (Lipinski definition) is 2. The number of nitrogens with one attached hydrogen (secondary N) is 2. The maximum Gasteiger partial charge on any atom is 0.244 e. The predicted octanol–water partition coefficient (Wildman–Crippen LogP) is 3.92. The van der Waals surface area contributed by atoms with Crippen LogP contribution in [0.4, 0.5) is 5.69 Å². The van der Waals surface area contributed by atoms with Crippen molar-refractivity contribution < 1.29 is 14.3 Å². The number of rotatable bonds is 6. The van der Waals surface area contributed by atoms with E-state index < -0.39 is 0 Å². The number of aromatic amines is 1. The Morgan fingerprint density at radius 1 is 1.19 bits per heavy atom. The van der Waals surface area contributed by atoms with Crippen LogP contribution in [-0.2, 0) is 11.3 Å². The highest BCUT2D eigenvalue weighted by atomic mass is 35.5. The molecular formula is C18H17ClN4O3S. The van der Waals surface area contributed by atoms with Gasteiger partial charge in [-0.15, -0.1) is 0 Å². The Balaban J connectivity index is 1.82. The predicted molar refractivity (Wildman–Crippen MR) is 106 cm³/mol. The first-order valence-corrected chi connectivity index (χ1v) is 8.73. The Bertz CT molecular complexity index is 992. The molecule has 0 fully saturated rings. The van der Waals surface area contributed by atoms with Crippen molar-refractivity contribution in [3.63, 3.8) is 0 Å². The van der Waals surface area contributed by atoms with E-state index in [1.807, 2.05) is 12.1 Å². The number of amides is 1. The average molecular weight is 405 g/mol. The van der Waals surface area contributed by atoms with Crippen LogP contribution in [0, 0.1) is 4.77 Å². The molecular weight excluding hydrogens is 388 g/mol. The molecule has 0 saturated carbocycles. The molecule has 9 heteroatoms. The van der Waals surface area contributed by atoms with Gasteiger partial charge in [0.1, 0.15) is 18.0 Å². The van der Waals surface area contributed by atoms with E-state index >= 15 is 0 Å². The SMILES string of the molecule is COc1cc(NC(=O)Cn2c(-c3ccc(Cl)cc3)n[nH]c2=S)cc(OC)c1. The summed E-state index contributed by atoms with van der Waals surface area (Å²) in [6.45, 7) is -0.00712. The molecule has 2 aromatic carbocycles. The molecule has 0 spiro atoms. The maximum absolute atomic E-state index is 12.5. The number of benzene rings is 2. The molecule has 27 heavy (non-hydrogen) atoms. The van der Waals surface area contributed by atoms with Gasteiger partial charge in [-0.05, 0) is 36.5 Å². The number of carbonyl (C=O) groups excluding carboxylic acids is 1. The molecule has 0 bridgehead atoms. The van der Waals surface area contributed by atoms with Gasteiger partial charge in [-0.1, -0.05) is 11.6 Å². The molecule has 1 aromatic heterocycles. The molecule has 3 rings (SSSR count). The number of carbonyl (C=O) groups is 1. The van der Waals surface area contributed by atoms with E-state index in [0.29, 0.717) is 32.8 Å². The van der Waals surface area contributed by atoms with Crippen molar-refractivity contribution in [2.24, 2.45) is 0 Å². The van der Waals surface area contributed by atoms with Gasteiger partial charge in [0.2, 0.25) is 5.91 Å². The summed E-state index contributed by atoms with van der Waals surface area (Å²) >= 11 is 11.2. The highest BCUT2D eigenvalue weighted by molar-refractivity contribution is 7.71. The fourth-order valence-electron chi connectivity index (χ4n) is 2.51. The molecule has 2 N–H and O–H groups in total. The number of anilines is 1. The van der Waals surface area contributed by atoms with Crippen molar-refractivity contribution in [3.8, 4) is 22.9 Å². The van der Waals surface area contributed by atoms with Gasteiger partial charge in [0.05, 0.1) is 14.2 Å². The Hall–Kier alpha value is -2.84. The van der Waals surface area contributed by atoms with Gasteiger partial charge in [-0.3, -0.25) is 14.5 Å². The lowest BCUT2D eigenvalue weighted by Crippen LogP contribution is -2.19. The normalized spacial score (nSPS) is 10.5. The van der Waals surface area contributed by atoms with Gasteiger partial charge < -0.3 is 14.8 Å². The molecule has 3 aromatic rings. The van der Waals surface area contributed by atoms with Crippen LogP contribution in [0.2, 0.25) is 5.02 Å². The van der Waals surface area contributed by atoms with Gasteiger partial charge in [-0.25, -0.2) is 0 Å². The number of methoxy groups -OCH3 is 2. The largest absolute Gasteiger partial charge is 0.497 e. The fraction of sp³-hybridized carbons (Fsp3) is 0.167. The van der Waals surface area contributed by atoms with E-state index in [-0.39, 0.29) is 12.5 Å². The quantitative estimate of drug-likeness (QED) is 0.608. The minimum atomic E-state index is -0.266. The highest BCUT2D eigenvalue weighted by Gasteiger charge is 2.13. The highest BCUT2D eigenvalue weighted by Crippen LogP contribution is 2.26. The Morgan fingerprint density at radius 3 is 2.41 bits per heavy atom. The lowest BCUT2D eigenvalue weighted by Gasteiger charge is -2.11. The summed E-state index contributed by atoms with van der Waals surface area (Å²) in [5, 5.41) is 10.4. The minimum Gasteiger partial charge on any atom is -0.497 e. The van der Waals surface area contributed by atoms with E-state index in [9.17, 15) is 4.79 Å². The van der Waals surface area contributed by atoms with Gasteiger partial charge >= 0.3 is 0 Å². The maximum atomic E-state index is 12.5. The second-order valence-electron chi connectivity index (χ2n) is 5.59. The van der Waals surface area contributed by atoms with Crippen molar-refractivity contribution in [1.29, 1.82) is 0 Å². The van der Waals surface area contributed by atoms with Crippen LogP contribution in [0.1, 0.15) is 0 Å². The zero-order valence-corrected chi connectivity index (χ0v) is 16.2. The van der Waals surface area contributed by atoms with Gasteiger partial charge in [0.25, 0.3) is 0 Å². The standard InChI is InChI=1S/C18H17ClN4O3S/c1-25-14-7-13(8-15(9-14)26-2)20-16(24)10-23-17(21-22-18(23)27)11-3-5-12(19)6-4-11/h3-9H,10H2,1-2H3,(H,20,24)(H,22,27). The summed E-state index contributed by atoms with van der Waals surface area (Å²) in [6, 6.07) is 12.3. The second-order valence-corrected chi connectivity index (χ2v) is 6.42. The first kappa shape index (κ1) is 18.9. The van der Waals surface area contributed by atoms with Crippen LogP contribution in [0.5, 0.6) is 11.5 Å². The third kappa shape index (κ3) is 4.47. The third-order valence-corrected chi connectivity index (χ3v) is 4.36. The van der Waals surface area contributed by atoms with E-state index in [1.54, 1.807) is 49.1 Å². The number of hydrogen-bond acceptors (Lipinski definition) is 5. The second kappa shape index (κ2) is 8.24.